The van der Waals surface area contributed by atoms with E-state index in [1.165, 1.54) is 24.8 Å². The second kappa shape index (κ2) is 6.01. The van der Waals surface area contributed by atoms with Gasteiger partial charge in [-0.3, -0.25) is 4.68 Å². The Morgan fingerprint density at radius 3 is 3.00 bits per heavy atom. The third-order valence-corrected chi connectivity index (χ3v) is 3.57. The van der Waals surface area contributed by atoms with Crippen molar-refractivity contribution in [3.63, 3.8) is 0 Å². The zero-order valence-electron chi connectivity index (χ0n) is 10.9. The van der Waals surface area contributed by atoms with Crippen LogP contribution in [0, 0.1) is 5.92 Å². The van der Waals surface area contributed by atoms with Gasteiger partial charge >= 0.3 is 0 Å². The topological polar surface area (TPSA) is 29.9 Å². The molecule has 17 heavy (non-hydrogen) atoms. The highest BCUT2D eigenvalue weighted by molar-refractivity contribution is 5.10. The Labute approximate surface area is 104 Å². The summed E-state index contributed by atoms with van der Waals surface area (Å²) in [6, 6.07) is 0.453. The van der Waals surface area contributed by atoms with Crippen LogP contribution in [-0.4, -0.2) is 16.3 Å². The molecule has 0 bridgehead atoms. The van der Waals surface area contributed by atoms with Crippen LogP contribution in [0.1, 0.15) is 44.2 Å². The van der Waals surface area contributed by atoms with E-state index in [2.05, 4.69) is 35.7 Å². The highest BCUT2D eigenvalue weighted by Gasteiger charge is 2.14. The summed E-state index contributed by atoms with van der Waals surface area (Å²) >= 11 is 0. The van der Waals surface area contributed by atoms with Crippen LogP contribution in [0.25, 0.3) is 0 Å². The summed E-state index contributed by atoms with van der Waals surface area (Å²) in [6.07, 6.45) is 13.6. The molecule has 0 aromatic carbocycles. The van der Waals surface area contributed by atoms with Gasteiger partial charge in [0.15, 0.2) is 0 Å². The Bertz CT molecular complexity index is 367. The van der Waals surface area contributed by atoms with Crippen LogP contribution < -0.4 is 5.32 Å². The number of aromatic nitrogens is 2. The van der Waals surface area contributed by atoms with E-state index in [0.29, 0.717) is 6.04 Å². The lowest BCUT2D eigenvalue weighted by atomic mass is 9.94. The molecule has 2 unspecified atom stereocenters. The van der Waals surface area contributed by atoms with Crippen molar-refractivity contribution >= 4 is 0 Å². The second-order valence-electron chi connectivity index (χ2n) is 4.97. The van der Waals surface area contributed by atoms with Crippen LogP contribution in [0.5, 0.6) is 0 Å². The van der Waals surface area contributed by atoms with Crippen LogP contribution in [0.2, 0.25) is 0 Å². The SMILES string of the molecule is CCC(NCC1CC=CCC1)c1cnn(C)c1. The third-order valence-electron chi connectivity index (χ3n) is 3.57. The third kappa shape index (κ3) is 3.43. The van der Waals surface area contributed by atoms with Gasteiger partial charge < -0.3 is 5.32 Å². The first kappa shape index (κ1) is 12.4. The number of rotatable bonds is 5. The molecular formula is C14H23N3. The molecule has 2 atom stereocenters. The Morgan fingerprint density at radius 1 is 1.53 bits per heavy atom. The normalized spacial score (nSPS) is 21.6. The molecule has 1 aliphatic rings. The highest BCUT2D eigenvalue weighted by atomic mass is 15.2. The number of hydrogen-bond donors (Lipinski definition) is 1. The van der Waals surface area contributed by atoms with E-state index in [-0.39, 0.29) is 0 Å². The van der Waals surface area contributed by atoms with E-state index in [1.807, 2.05) is 17.9 Å². The molecule has 2 rings (SSSR count). The number of nitrogens with one attached hydrogen (secondary N) is 1. The van der Waals surface area contributed by atoms with Crippen LogP contribution in [-0.2, 0) is 7.05 Å². The first-order chi connectivity index (χ1) is 8.29. The maximum absolute atomic E-state index is 4.25. The first-order valence-electron chi connectivity index (χ1n) is 6.66. The van der Waals surface area contributed by atoms with E-state index in [1.54, 1.807) is 0 Å². The summed E-state index contributed by atoms with van der Waals surface area (Å²) < 4.78 is 1.88. The van der Waals surface area contributed by atoms with Crippen molar-refractivity contribution in [1.29, 1.82) is 0 Å². The average molecular weight is 233 g/mol. The van der Waals surface area contributed by atoms with Gasteiger partial charge in [0, 0.05) is 24.8 Å². The molecule has 0 saturated carbocycles. The van der Waals surface area contributed by atoms with Crippen LogP contribution in [0.15, 0.2) is 24.5 Å². The maximum atomic E-state index is 4.25. The molecule has 1 aromatic heterocycles. The summed E-state index contributed by atoms with van der Waals surface area (Å²) in [5.41, 5.74) is 1.31. The van der Waals surface area contributed by atoms with Gasteiger partial charge in [0.1, 0.15) is 0 Å². The summed E-state index contributed by atoms with van der Waals surface area (Å²) in [6.45, 7) is 3.35. The van der Waals surface area contributed by atoms with Crippen molar-refractivity contribution in [2.45, 2.75) is 38.6 Å². The van der Waals surface area contributed by atoms with Crippen LogP contribution in [0.4, 0.5) is 0 Å². The predicted molar refractivity (Wildman–Crippen MR) is 70.7 cm³/mol. The minimum atomic E-state index is 0.453. The second-order valence-corrected chi connectivity index (χ2v) is 4.97. The van der Waals surface area contributed by atoms with E-state index in [4.69, 9.17) is 0 Å². The fourth-order valence-corrected chi connectivity index (χ4v) is 2.47. The molecule has 1 aromatic rings. The van der Waals surface area contributed by atoms with E-state index in [0.717, 1.165) is 18.9 Å². The zero-order chi connectivity index (χ0) is 12.1. The van der Waals surface area contributed by atoms with Crippen molar-refractivity contribution < 1.29 is 0 Å². The van der Waals surface area contributed by atoms with Gasteiger partial charge in [-0.1, -0.05) is 19.1 Å². The smallest absolute Gasteiger partial charge is 0.0537 e. The molecule has 1 aliphatic carbocycles. The average Bonchev–Trinajstić information content (AvgIpc) is 2.78. The van der Waals surface area contributed by atoms with Crippen LogP contribution >= 0.6 is 0 Å². The van der Waals surface area contributed by atoms with Gasteiger partial charge in [-0.25, -0.2) is 0 Å². The Kier molecular flexibility index (Phi) is 4.37. The van der Waals surface area contributed by atoms with E-state index < -0.39 is 0 Å². The Morgan fingerprint density at radius 2 is 2.41 bits per heavy atom. The van der Waals surface area contributed by atoms with Gasteiger partial charge in [0.2, 0.25) is 0 Å². The largest absolute Gasteiger partial charge is 0.310 e. The fourth-order valence-electron chi connectivity index (χ4n) is 2.47. The Hall–Kier alpha value is -1.09. The zero-order valence-corrected chi connectivity index (χ0v) is 10.9. The first-order valence-corrected chi connectivity index (χ1v) is 6.66. The van der Waals surface area contributed by atoms with Gasteiger partial charge in [0.05, 0.1) is 6.20 Å². The maximum Gasteiger partial charge on any atom is 0.0537 e. The minimum absolute atomic E-state index is 0.453. The Balaban J connectivity index is 1.85. The lowest BCUT2D eigenvalue weighted by Crippen LogP contribution is -2.27. The molecule has 0 spiro atoms. The quantitative estimate of drug-likeness (QED) is 0.793. The predicted octanol–water partition coefficient (Wildman–Crippen LogP) is 2.82. The summed E-state index contributed by atoms with van der Waals surface area (Å²) in [7, 11) is 1.97. The van der Waals surface area contributed by atoms with E-state index in [9.17, 15) is 0 Å². The summed E-state index contributed by atoms with van der Waals surface area (Å²) in [5, 5.41) is 7.93. The molecule has 0 amide bonds. The van der Waals surface area contributed by atoms with Crippen molar-refractivity contribution in [1.82, 2.24) is 15.1 Å². The molecule has 3 nitrogen and oxygen atoms in total. The number of aryl methyl sites for hydroxylation is 1. The van der Waals surface area contributed by atoms with Gasteiger partial charge in [-0.05, 0) is 38.1 Å². The lowest BCUT2D eigenvalue weighted by molar-refractivity contribution is 0.400. The molecule has 1 heterocycles. The minimum Gasteiger partial charge on any atom is -0.310 e. The molecule has 0 fully saturated rings. The molecular weight excluding hydrogens is 210 g/mol. The van der Waals surface area contributed by atoms with Gasteiger partial charge in [0.25, 0.3) is 0 Å². The van der Waals surface area contributed by atoms with Crippen molar-refractivity contribution in [3.05, 3.63) is 30.1 Å². The molecule has 1 N–H and O–H groups in total. The molecule has 0 saturated heterocycles. The molecule has 0 radical (unpaired) electrons. The van der Waals surface area contributed by atoms with E-state index >= 15 is 0 Å². The standard InChI is InChI=1S/C14H23N3/c1-3-14(13-10-16-17(2)11-13)15-9-12-7-5-4-6-8-12/h4-5,10-12,14-15H,3,6-9H2,1-2H3. The van der Waals surface area contributed by atoms with Crippen molar-refractivity contribution in [3.8, 4) is 0 Å². The molecule has 3 heteroatoms. The number of nitrogens with zero attached hydrogens (tertiary/aromatic N) is 2. The van der Waals surface area contributed by atoms with Crippen molar-refractivity contribution in [2.75, 3.05) is 6.54 Å². The highest BCUT2D eigenvalue weighted by Crippen LogP contribution is 2.20. The monoisotopic (exact) mass is 233 g/mol. The van der Waals surface area contributed by atoms with Crippen molar-refractivity contribution in [2.24, 2.45) is 13.0 Å². The van der Waals surface area contributed by atoms with Gasteiger partial charge in [-0.2, -0.15) is 5.10 Å². The van der Waals surface area contributed by atoms with Gasteiger partial charge in [-0.15, -0.1) is 0 Å². The van der Waals surface area contributed by atoms with Crippen LogP contribution in [0.3, 0.4) is 0 Å². The number of allylic oxidation sites excluding steroid dienone is 2. The molecule has 0 aliphatic heterocycles. The lowest BCUT2D eigenvalue weighted by Gasteiger charge is -2.22. The summed E-state index contributed by atoms with van der Waals surface area (Å²) in [4.78, 5) is 0. The fraction of sp³-hybridized carbons (Fsp3) is 0.643. The molecule has 94 valence electrons. The summed E-state index contributed by atoms with van der Waals surface area (Å²) in [5.74, 6) is 0.811. The number of hydrogen-bond acceptors (Lipinski definition) is 2.